The molecule has 0 saturated heterocycles. The number of nitrogens with two attached hydrogens (primary N) is 8. The van der Waals surface area contributed by atoms with Crippen molar-refractivity contribution in [2.45, 2.75) is 216 Å². The van der Waals surface area contributed by atoms with Crippen LogP contribution in [0.4, 0.5) is 0 Å². The quantitative estimate of drug-likeness (QED) is 0.00924. The van der Waals surface area contributed by atoms with E-state index >= 15 is 0 Å². The number of carbonyl (C=O) groups excluding carboxylic acids is 6. The van der Waals surface area contributed by atoms with Crippen LogP contribution in [0.3, 0.4) is 0 Å². The van der Waals surface area contributed by atoms with Crippen LogP contribution in [0.1, 0.15) is 173 Å². The Morgan fingerprint density at radius 2 is 0.492 bits per heavy atom. The Morgan fingerprint density at radius 3 is 0.692 bits per heavy atom. The molecule has 7 unspecified atom stereocenters. The zero-order valence-electron chi connectivity index (χ0n) is 71.1. The smallest absolute Gasteiger partial charge is 0.326 e. The third kappa shape index (κ3) is 94.5. The summed E-state index contributed by atoms with van der Waals surface area (Å²) in [5, 5.41) is 131. The van der Waals surface area contributed by atoms with E-state index < -0.39 is 144 Å². The van der Waals surface area contributed by atoms with Crippen LogP contribution >= 0.6 is 23.5 Å². The fraction of sp³-hybridized carbons (Fsp3) is 0.750. The van der Waals surface area contributed by atoms with Gasteiger partial charge in [-0.15, -0.1) is 70.8 Å². The molecule has 0 rings (SSSR count). The fourth-order valence-corrected chi connectivity index (χ4v) is 10.0. The first kappa shape index (κ1) is 127. The van der Waals surface area contributed by atoms with Gasteiger partial charge in [-0.3, -0.25) is 48.7 Å². The molecule has 6 amide bonds. The number of aliphatic imine (C=N–C) groups is 4. The molecule has 0 aromatic rings. The Bertz CT molecular complexity index is 3460. The third-order valence-corrected chi connectivity index (χ3v) is 16.3. The minimum atomic E-state index is -1.23. The van der Waals surface area contributed by atoms with Gasteiger partial charge < -0.3 is 142 Å². The summed E-state index contributed by atoms with van der Waals surface area (Å²) in [6, 6.07) is -6.01. The van der Waals surface area contributed by atoms with Crippen molar-refractivity contribution in [1.29, 1.82) is 0 Å². The van der Waals surface area contributed by atoms with Gasteiger partial charge in [-0.2, -0.15) is 23.5 Å². The Hall–Kier alpha value is -14.2. The Morgan fingerprint density at radius 1 is 0.285 bits per heavy atom. The van der Waals surface area contributed by atoms with Crippen molar-refractivity contribution >= 4 is 119 Å². The molecule has 7 atom stereocenters. The minimum Gasteiger partial charge on any atom is -0.480 e. The molecule has 66 heteroatoms. The number of carbonyl (C=O) groups is 12. The lowest BCUT2D eigenvalue weighted by atomic mass is 10.1. The van der Waals surface area contributed by atoms with Gasteiger partial charge >= 0.3 is 35.8 Å². The molecule has 0 aromatic heterocycles. The van der Waals surface area contributed by atoms with E-state index in [9.17, 15) is 128 Å². The molecular weight excluding hydrogens is 1810 g/mol. The lowest BCUT2D eigenvalue weighted by Gasteiger charge is -2.15. The Labute approximate surface area is 747 Å². The van der Waals surface area contributed by atoms with E-state index in [-0.39, 0.29) is 185 Å². The summed E-state index contributed by atoms with van der Waals surface area (Å²) < 4.78 is 0. The first-order chi connectivity index (χ1) is 61.0. The molecule has 0 aliphatic rings. The van der Waals surface area contributed by atoms with Crippen molar-refractivity contribution in [3.05, 3.63) is 70.8 Å². The van der Waals surface area contributed by atoms with Crippen molar-refractivity contribution in [3.63, 3.8) is 0 Å². The van der Waals surface area contributed by atoms with Crippen LogP contribution in [0.15, 0.2) is 20.0 Å². The molecule has 28 N–H and O–H groups in total. The molecule has 0 saturated carbocycles. The number of nitrogens with one attached hydrogen (secondary N) is 6. The highest BCUT2D eigenvalue weighted by Crippen LogP contribution is 2.11. The van der Waals surface area contributed by atoms with Crippen molar-refractivity contribution in [2.24, 2.45) is 65.8 Å². The Balaban J connectivity index is -0.000000356. The lowest BCUT2D eigenvalue weighted by Crippen LogP contribution is -2.41. The summed E-state index contributed by atoms with van der Waals surface area (Å²) in [7, 11) is 0. The molecule has 746 valence electrons. The number of amides is 6. The van der Waals surface area contributed by atoms with E-state index in [0.29, 0.717) is 95.1 Å². The molecule has 0 heterocycles. The highest BCUT2D eigenvalue weighted by atomic mass is 32.2. The first-order valence-corrected chi connectivity index (χ1v) is 41.6. The van der Waals surface area contributed by atoms with Crippen LogP contribution in [-0.4, -0.2) is 294 Å². The van der Waals surface area contributed by atoms with E-state index in [1.165, 1.54) is 23.5 Å². The van der Waals surface area contributed by atoms with E-state index in [1.807, 2.05) is 12.5 Å². The summed E-state index contributed by atoms with van der Waals surface area (Å²) in [5.41, 5.74) is 41.1. The maximum atomic E-state index is 11.8. The standard InChI is InChI=1S/C12H22N6O9.C12H23N5O6.C11H20N2O6S.2C10H19N5O6.C9H16N2O6S/c13-12(14)15-6-2-4-9(11(20)21)16-10(19)5-1-3-8(27-18(24)25)7-26-17(22)23;13-12(14)15-7-4-5-9(11(19)20)16-10(18)6-2-1-3-8-23-17(21)22;1-20-8-6-9(11(15)16)12-10(14)5-3-2-4-7-19-13(17)18;2*11-10(12)13-5-1-3-7(9(17)18)14-8(16)4-2-6-21-15(19)20;1-18-6-4-7(9(13)14)10-8(12)3-2-5-17-11(15)16/h8-9H,1-7H2,(H,16,19)(H,20,21)(H4,13,14,15);9H,1-8H2,(H,16,18)(H,19,20)(H4,13,14,15);9H,2-8H2,1H3,(H,12,14)(H,15,16);2*7H,1-6H2,(H,14,16)(H,17,18)(H4,11,12,13);7H,2-6H2,1H3,(H,10,12)(H,13,14). The van der Waals surface area contributed by atoms with Crippen molar-refractivity contribution in [2.75, 3.05) is 89.8 Å². The molecule has 64 nitrogen and oxygen atoms in total. The monoisotopic (exact) mass is 1930 g/mol. The van der Waals surface area contributed by atoms with E-state index in [4.69, 9.17) is 76.5 Å². The number of hydrogen-bond donors (Lipinski definition) is 20. The second kappa shape index (κ2) is 83.1. The summed E-state index contributed by atoms with van der Waals surface area (Å²) >= 11 is 3.01. The predicted molar refractivity (Wildman–Crippen MR) is 451 cm³/mol. The fourth-order valence-electron chi connectivity index (χ4n) is 9.07. The molecule has 0 fully saturated rings. The van der Waals surface area contributed by atoms with E-state index in [0.717, 1.165) is 0 Å². The second-order valence-corrected chi connectivity index (χ2v) is 27.7. The number of guanidine groups is 4. The van der Waals surface area contributed by atoms with E-state index in [1.54, 1.807) is 0 Å². The minimum absolute atomic E-state index is 0.00309. The lowest BCUT2D eigenvalue weighted by molar-refractivity contribution is -0.790. The van der Waals surface area contributed by atoms with Gasteiger partial charge in [0.2, 0.25) is 35.4 Å². The average Bonchev–Trinajstić information content (AvgIpc) is 0.554. The molecule has 0 spiro atoms. The van der Waals surface area contributed by atoms with Gasteiger partial charge in [0, 0.05) is 64.7 Å². The Kier molecular flexibility index (Phi) is 80.9. The van der Waals surface area contributed by atoms with Crippen molar-refractivity contribution < 1.29 is 158 Å². The number of hydrogen-bond acceptors (Lipinski definition) is 39. The third-order valence-electron chi connectivity index (χ3n) is 15.1. The topological polar surface area (TPSA) is 1020 Å². The highest BCUT2D eigenvalue weighted by molar-refractivity contribution is 7.98. The number of nitrogens with zero attached hydrogens (tertiary/aromatic N) is 11. The largest absolute Gasteiger partial charge is 0.480 e. The summed E-state index contributed by atoms with van der Waals surface area (Å²) in [4.78, 5) is 248. The zero-order valence-corrected chi connectivity index (χ0v) is 72.8. The number of rotatable bonds is 72. The van der Waals surface area contributed by atoms with Gasteiger partial charge in [-0.1, -0.05) is 12.8 Å². The van der Waals surface area contributed by atoms with E-state index in [2.05, 4.69) is 85.7 Å². The van der Waals surface area contributed by atoms with Gasteiger partial charge in [0.1, 0.15) is 49.0 Å². The summed E-state index contributed by atoms with van der Waals surface area (Å²) in [6.07, 6.45) is 9.02. The van der Waals surface area contributed by atoms with Crippen molar-refractivity contribution in [3.8, 4) is 0 Å². The predicted octanol–water partition coefficient (Wildman–Crippen LogP) is -3.49. The van der Waals surface area contributed by atoms with Gasteiger partial charge in [-0.25, -0.2) is 28.8 Å². The van der Waals surface area contributed by atoms with Crippen molar-refractivity contribution in [1.82, 2.24) is 31.9 Å². The number of carboxylic acids is 6. The molecule has 0 aliphatic heterocycles. The maximum absolute atomic E-state index is 11.8. The average molecular weight is 1930 g/mol. The summed E-state index contributed by atoms with van der Waals surface area (Å²) in [5.74, 6) is -8.67. The van der Waals surface area contributed by atoms with Crippen LogP contribution in [0, 0.1) is 70.8 Å². The van der Waals surface area contributed by atoms with Crippen LogP contribution in [0.5, 0.6) is 0 Å². The SMILES string of the molecule is CSCCC(NC(=O)CCCCCO[N+](=O)[O-])C(=O)O.CSCCC(NC(=O)CCCO[N+](=O)[O-])C(=O)O.NC(N)=NCCCC(NC(=O)CCCC(CO[N+](=O)[O-])O[N+](=O)[O-])C(=O)O.NC(N)=NCCCC(NC(=O)CCCCCO[N+](=O)[O-])C(=O)O.NC(N)=NCCCC(NC(=O)CCCO[N+](=O)[O-])C(=O)O.NC(N)=NCCCC(NC(=O)CCCO[N+](=O)[O-])C(=O)O. The van der Waals surface area contributed by atoms with Gasteiger partial charge in [0.25, 0.3) is 35.6 Å². The second-order valence-electron chi connectivity index (χ2n) is 25.7. The van der Waals surface area contributed by atoms with Crippen LogP contribution in [-0.2, 0) is 91.4 Å². The molecular formula is C64H119N25O39S2. The zero-order chi connectivity index (χ0) is 100. The molecule has 0 radical (unpaired) electrons. The maximum Gasteiger partial charge on any atom is 0.326 e. The number of aliphatic carboxylic acids is 6. The molecule has 0 aliphatic carbocycles. The van der Waals surface area contributed by atoms with Gasteiger partial charge in [0.15, 0.2) is 23.8 Å². The normalized spacial score (nSPS) is 11.6. The molecule has 0 aromatic carbocycles. The first-order valence-electron chi connectivity index (χ1n) is 38.8. The molecule has 0 bridgehead atoms. The number of thioether (sulfide) groups is 2. The highest BCUT2D eigenvalue weighted by Gasteiger charge is 2.26. The number of carboxylic acid groups (broad SMARTS) is 6. The number of unbranched alkanes of at least 4 members (excludes halogenated alkanes) is 4. The van der Waals surface area contributed by atoms with Crippen LogP contribution in [0.25, 0.3) is 0 Å². The van der Waals surface area contributed by atoms with Crippen LogP contribution < -0.4 is 77.8 Å². The molecule has 130 heavy (non-hydrogen) atoms. The summed E-state index contributed by atoms with van der Waals surface area (Å²) in [6.45, 7) is -0.266. The van der Waals surface area contributed by atoms with Crippen LogP contribution in [0.2, 0.25) is 0 Å². The van der Waals surface area contributed by atoms with Gasteiger partial charge in [0.05, 0.1) is 33.0 Å². The van der Waals surface area contributed by atoms with Gasteiger partial charge in [-0.05, 0) is 146 Å².